The summed E-state index contributed by atoms with van der Waals surface area (Å²) in [6.07, 6.45) is 12.9. The van der Waals surface area contributed by atoms with Crippen LogP contribution in [0.15, 0.2) is 48.5 Å². The van der Waals surface area contributed by atoms with Gasteiger partial charge in [-0.25, -0.2) is 0 Å². The van der Waals surface area contributed by atoms with Crippen molar-refractivity contribution in [1.82, 2.24) is 10.2 Å². The Labute approximate surface area is 183 Å². The van der Waals surface area contributed by atoms with Crippen LogP contribution >= 0.6 is 0 Å². The number of rotatable bonds is 3. The number of nitrogens with zero attached hydrogens (tertiary/aromatic N) is 1. The molecule has 1 N–H and O–H groups in total. The maximum atomic E-state index is 3.77. The molecule has 1 aliphatic carbocycles. The van der Waals surface area contributed by atoms with Crippen molar-refractivity contribution in [2.24, 2.45) is 5.92 Å². The lowest BCUT2D eigenvalue weighted by Crippen LogP contribution is -2.51. The summed E-state index contributed by atoms with van der Waals surface area (Å²) in [4.78, 5) is 2.80. The minimum atomic E-state index is 0.347. The number of fused-ring (bicyclic) bond motifs is 2. The third kappa shape index (κ3) is 4.36. The lowest BCUT2D eigenvalue weighted by atomic mass is 9.69. The van der Waals surface area contributed by atoms with Crippen LogP contribution in [0.5, 0.6) is 0 Å². The number of likely N-dealkylation sites (tertiary alicyclic amines) is 1. The van der Waals surface area contributed by atoms with E-state index in [-0.39, 0.29) is 0 Å². The minimum Gasteiger partial charge on any atom is -0.312 e. The van der Waals surface area contributed by atoms with Gasteiger partial charge in [-0.1, -0.05) is 74.6 Å². The molecule has 0 bridgehead atoms. The monoisotopic (exact) mass is 402 g/mol. The Morgan fingerprint density at radius 2 is 1.57 bits per heavy atom. The number of hydrogen-bond donors (Lipinski definition) is 1. The van der Waals surface area contributed by atoms with Crippen molar-refractivity contribution in [2.75, 3.05) is 26.2 Å². The Bertz CT molecular complexity index is 812. The van der Waals surface area contributed by atoms with E-state index < -0.39 is 0 Å². The van der Waals surface area contributed by atoms with Crippen LogP contribution in [0.4, 0.5) is 0 Å². The molecule has 2 aromatic rings. The smallest absolute Gasteiger partial charge is 0.0209 e. The van der Waals surface area contributed by atoms with Crippen LogP contribution in [0.1, 0.15) is 68.9 Å². The van der Waals surface area contributed by atoms with Gasteiger partial charge in [0.15, 0.2) is 0 Å². The first-order valence-corrected chi connectivity index (χ1v) is 12.4. The number of piperidine rings is 1. The average molecular weight is 403 g/mol. The summed E-state index contributed by atoms with van der Waals surface area (Å²) in [6, 6.07) is 18.1. The molecule has 30 heavy (non-hydrogen) atoms. The van der Waals surface area contributed by atoms with E-state index in [0.717, 1.165) is 19.0 Å². The summed E-state index contributed by atoms with van der Waals surface area (Å²) in [6.45, 7) is 6.07. The Kier molecular flexibility index (Phi) is 6.24. The quantitative estimate of drug-likeness (QED) is 0.662. The van der Waals surface area contributed by atoms with Crippen molar-refractivity contribution in [2.45, 2.75) is 69.7 Å². The molecule has 2 nitrogen and oxygen atoms in total. The highest BCUT2D eigenvalue weighted by molar-refractivity contribution is 5.65. The van der Waals surface area contributed by atoms with Crippen LogP contribution in [-0.4, -0.2) is 31.1 Å². The number of hydrogen-bond acceptors (Lipinski definition) is 2. The lowest BCUT2D eigenvalue weighted by molar-refractivity contribution is 0.125. The SMILES string of the molecule is c1ccc(-c2ccc3c(c2)CNCC32CCN(CC3CCCCCCC3)CC2)cc1. The summed E-state index contributed by atoms with van der Waals surface area (Å²) < 4.78 is 0. The van der Waals surface area contributed by atoms with Crippen molar-refractivity contribution in [3.8, 4) is 11.1 Å². The van der Waals surface area contributed by atoms with Gasteiger partial charge in [0, 0.05) is 25.0 Å². The van der Waals surface area contributed by atoms with Crippen LogP contribution in [0.3, 0.4) is 0 Å². The van der Waals surface area contributed by atoms with Gasteiger partial charge in [-0.05, 0) is 73.0 Å². The molecule has 2 fully saturated rings. The van der Waals surface area contributed by atoms with Crippen molar-refractivity contribution >= 4 is 0 Å². The molecule has 2 heterocycles. The molecule has 2 heteroatoms. The highest BCUT2D eigenvalue weighted by atomic mass is 15.1. The summed E-state index contributed by atoms with van der Waals surface area (Å²) in [5, 5.41) is 3.77. The van der Waals surface area contributed by atoms with Gasteiger partial charge in [0.2, 0.25) is 0 Å². The van der Waals surface area contributed by atoms with E-state index in [1.54, 1.807) is 5.56 Å². The Hall–Kier alpha value is -1.64. The van der Waals surface area contributed by atoms with Gasteiger partial charge in [-0.15, -0.1) is 0 Å². The van der Waals surface area contributed by atoms with E-state index in [9.17, 15) is 0 Å². The summed E-state index contributed by atoms with van der Waals surface area (Å²) >= 11 is 0. The van der Waals surface area contributed by atoms with Gasteiger partial charge in [0.25, 0.3) is 0 Å². The molecule has 1 saturated heterocycles. The first-order chi connectivity index (χ1) is 14.8. The maximum Gasteiger partial charge on any atom is 0.0209 e. The highest BCUT2D eigenvalue weighted by Crippen LogP contribution is 2.41. The number of nitrogens with one attached hydrogen (secondary N) is 1. The fourth-order valence-electron chi connectivity index (χ4n) is 6.30. The van der Waals surface area contributed by atoms with Crippen molar-refractivity contribution in [3.63, 3.8) is 0 Å². The highest BCUT2D eigenvalue weighted by Gasteiger charge is 2.39. The third-order valence-electron chi connectivity index (χ3n) is 8.12. The number of benzene rings is 2. The molecule has 2 aromatic carbocycles. The third-order valence-corrected chi connectivity index (χ3v) is 8.12. The zero-order chi connectivity index (χ0) is 20.2. The maximum absolute atomic E-state index is 3.77. The summed E-state index contributed by atoms with van der Waals surface area (Å²) in [5.41, 5.74) is 6.19. The topological polar surface area (TPSA) is 15.3 Å². The second-order valence-electron chi connectivity index (χ2n) is 10.1. The molecule has 2 aliphatic heterocycles. The van der Waals surface area contributed by atoms with Gasteiger partial charge in [-0.2, -0.15) is 0 Å². The van der Waals surface area contributed by atoms with E-state index in [1.807, 2.05) is 0 Å². The molecule has 3 aliphatic rings. The summed E-state index contributed by atoms with van der Waals surface area (Å²) in [5.74, 6) is 0.949. The summed E-state index contributed by atoms with van der Waals surface area (Å²) in [7, 11) is 0. The average Bonchev–Trinajstić information content (AvgIpc) is 2.78. The molecule has 0 aromatic heterocycles. The Morgan fingerprint density at radius 3 is 2.33 bits per heavy atom. The minimum absolute atomic E-state index is 0.347. The normalized spacial score (nSPS) is 22.9. The van der Waals surface area contributed by atoms with E-state index in [1.165, 1.54) is 94.1 Å². The lowest BCUT2D eigenvalue weighted by Gasteiger charge is -2.46. The van der Waals surface area contributed by atoms with Crippen molar-refractivity contribution in [1.29, 1.82) is 0 Å². The zero-order valence-corrected chi connectivity index (χ0v) is 18.5. The van der Waals surface area contributed by atoms with Crippen LogP contribution in [0.2, 0.25) is 0 Å². The first-order valence-electron chi connectivity index (χ1n) is 12.4. The molecule has 0 unspecified atom stereocenters. The molecule has 1 saturated carbocycles. The molecular formula is C28H38N2. The van der Waals surface area contributed by atoms with Gasteiger partial charge in [-0.3, -0.25) is 0 Å². The van der Waals surface area contributed by atoms with Crippen LogP contribution in [0, 0.1) is 5.92 Å². The van der Waals surface area contributed by atoms with E-state index in [4.69, 9.17) is 0 Å². The first kappa shape index (κ1) is 20.3. The largest absolute Gasteiger partial charge is 0.312 e. The predicted molar refractivity (Wildman–Crippen MR) is 127 cm³/mol. The molecule has 5 rings (SSSR count). The van der Waals surface area contributed by atoms with Crippen molar-refractivity contribution < 1.29 is 0 Å². The van der Waals surface area contributed by atoms with Crippen LogP contribution in [0.25, 0.3) is 11.1 Å². The van der Waals surface area contributed by atoms with Crippen molar-refractivity contribution in [3.05, 3.63) is 59.7 Å². The molecule has 160 valence electrons. The fourth-order valence-corrected chi connectivity index (χ4v) is 6.30. The van der Waals surface area contributed by atoms with E-state index >= 15 is 0 Å². The van der Waals surface area contributed by atoms with Gasteiger partial charge in [0.05, 0.1) is 0 Å². The molecule has 0 amide bonds. The Morgan fingerprint density at radius 1 is 0.833 bits per heavy atom. The standard InChI is InChI=1S/C28H38N2/c1-2-5-9-23(10-6-3-1)21-30-17-15-28(16-18-30)22-29-20-26-19-25(13-14-27(26)28)24-11-7-4-8-12-24/h4,7-8,11-14,19,23,29H,1-3,5-6,9-10,15-18,20-22H2. The van der Waals surface area contributed by atoms with E-state index in [2.05, 4.69) is 58.7 Å². The molecule has 1 spiro atoms. The van der Waals surface area contributed by atoms with Gasteiger partial charge in [0.1, 0.15) is 0 Å². The second-order valence-corrected chi connectivity index (χ2v) is 10.1. The molecular weight excluding hydrogens is 364 g/mol. The predicted octanol–water partition coefficient (Wildman–Crippen LogP) is 6.15. The van der Waals surface area contributed by atoms with E-state index in [0.29, 0.717) is 5.41 Å². The Balaban J connectivity index is 1.27. The molecule has 0 radical (unpaired) electrons. The second kappa shape index (κ2) is 9.24. The van der Waals surface area contributed by atoms with Gasteiger partial charge < -0.3 is 10.2 Å². The van der Waals surface area contributed by atoms with Gasteiger partial charge >= 0.3 is 0 Å². The molecule has 0 atom stereocenters. The van der Waals surface area contributed by atoms with Crippen LogP contribution < -0.4 is 5.32 Å². The van der Waals surface area contributed by atoms with Crippen LogP contribution in [-0.2, 0) is 12.0 Å². The fraction of sp³-hybridized carbons (Fsp3) is 0.571. The zero-order valence-electron chi connectivity index (χ0n) is 18.5.